The highest BCUT2D eigenvalue weighted by Gasteiger charge is 2.41. The first-order valence-electron chi connectivity index (χ1n) is 2.35. The molecule has 0 aromatic heterocycles. The number of rotatable bonds is 1. The van der Waals surface area contributed by atoms with Crippen molar-refractivity contribution in [2.24, 2.45) is 5.41 Å². The molecule has 0 aromatic carbocycles. The largest absolute Gasteiger partial charge is 0.198 e. The minimum atomic E-state index is 0.00309. The monoisotopic (exact) mass is 113 g/mol. The predicted molar refractivity (Wildman–Crippen MR) is 31.1 cm³/mol. The van der Waals surface area contributed by atoms with E-state index in [4.69, 9.17) is 5.26 Å². The van der Waals surface area contributed by atoms with Gasteiger partial charge < -0.3 is 0 Å². The summed E-state index contributed by atoms with van der Waals surface area (Å²) in [4.78, 5) is 0. The molecule has 0 unspecified atom stereocenters. The highest BCUT2D eigenvalue weighted by atomic mass is 32.1. The van der Waals surface area contributed by atoms with Gasteiger partial charge in [0.1, 0.15) is 0 Å². The van der Waals surface area contributed by atoms with E-state index in [1.165, 1.54) is 0 Å². The first-order chi connectivity index (χ1) is 3.33. The summed E-state index contributed by atoms with van der Waals surface area (Å²) in [5, 5.41) is 8.36. The summed E-state index contributed by atoms with van der Waals surface area (Å²) < 4.78 is 0. The van der Waals surface area contributed by atoms with Crippen molar-refractivity contribution < 1.29 is 0 Å². The average Bonchev–Trinajstić information content (AvgIpc) is 2.46. The molecule has 1 nitrogen and oxygen atoms in total. The van der Waals surface area contributed by atoms with Crippen LogP contribution < -0.4 is 0 Å². The van der Waals surface area contributed by atoms with Gasteiger partial charge in [-0.1, -0.05) is 0 Å². The molecule has 1 aliphatic rings. The molecule has 0 heterocycles. The van der Waals surface area contributed by atoms with Crippen LogP contribution in [0.4, 0.5) is 0 Å². The van der Waals surface area contributed by atoms with Crippen LogP contribution in [0.1, 0.15) is 12.8 Å². The molecule has 0 aliphatic heterocycles. The Labute approximate surface area is 48.7 Å². The van der Waals surface area contributed by atoms with Crippen LogP contribution >= 0.6 is 12.6 Å². The molecule has 2 heteroatoms. The van der Waals surface area contributed by atoms with E-state index in [9.17, 15) is 0 Å². The maximum Gasteiger partial charge on any atom is 0.0698 e. The van der Waals surface area contributed by atoms with Gasteiger partial charge in [0.25, 0.3) is 0 Å². The smallest absolute Gasteiger partial charge is 0.0698 e. The Morgan fingerprint density at radius 3 is 2.29 bits per heavy atom. The summed E-state index contributed by atoms with van der Waals surface area (Å²) in [6.07, 6.45) is 2.12. The summed E-state index contributed by atoms with van der Waals surface area (Å²) in [5.41, 5.74) is 0.00309. The van der Waals surface area contributed by atoms with Crippen molar-refractivity contribution in [3.63, 3.8) is 0 Å². The molecule has 0 bridgehead atoms. The maximum atomic E-state index is 8.36. The molecule has 0 radical (unpaired) electrons. The summed E-state index contributed by atoms with van der Waals surface area (Å²) in [7, 11) is 0. The van der Waals surface area contributed by atoms with E-state index < -0.39 is 0 Å². The number of thiol groups is 1. The third-order valence-corrected chi connectivity index (χ3v) is 2.00. The summed E-state index contributed by atoms with van der Waals surface area (Å²) in [6, 6.07) is 2.23. The van der Waals surface area contributed by atoms with Crippen LogP contribution in [0, 0.1) is 16.7 Å². The Bertz CT molecular complexity index is 110. The van der Waals surface area contributed by atoms with Gasteiger partial charge in [-0.2, -0.15) is 17.9 Å². The van der Waals surface area contributed by atoms with Crippen LogP contribution in [-0.4, -0.2) is 5.75 Å². The van der Waals surface area contributed by atoms with Crippen LogP contribution in [0.3, 0.4) is 0 Å². The van der Waals surface area contributed by atoms with E-state index in [1.54, 1.807) is 0 Å². The van der Waals surface area contributed by atoms with Crippen molar-refractivity contribution in [1.29, 1.82) is 5.26 Å². The number of nitrogens with zero attached hydrogens (tertiary/aromatic N) is 1. The fraction of sp³-hybridized carbons (Fsp3) is 0.800. The van der Waals surface area contributed by atoms with Crippen LogP contribution in [0.25, 0.3) is 0 Å². The summed E-state index contributed by atoms with van der Waals surface area (Å²) >= 11 is 4.02. The van der Waals surface area contributed by atoms with Gasteiger partial charge in [-0.05, 0) is 12.8 Å². The minimum absolute atomic E-state index is 0.00309. The van der Waals surface area contributed by atoms with Gasteiger partial charge in [0.05, 0.1) is 11.5 Å². The Morgan fingerprint density at radius 2 is 2.29 bits per heavy atom. The van der Waals surface area contributed by atoms with Gasteiger partial charge in [-0.15, -0.1) is 0 Å². The molecule has 0 amide bonds. The fourth-order valence-electron chi connectivity index (χ4n) is 0.456. The van der Waals surface area contributed by atoms with Crippen molar-refractivity contribution in [3.8, 4) is 6.07 Å². The fourth-order valence-corrected chi connectivity index (χ4v) is 0.843. The van der Waals surface area contributed by atoms with Gasteiger partial charge in [-0.25, -0.2) is 0 Å². The topological polar surface area (TPSA) is 23.8 Å². The number of hydrogen-bond donors (Lipinski definition) is 1. The SMILES string of the molecule is N#CC1(CS)CC1. The summed E-state index contributed by atoms with van der Waals surface area (Å²) in [5.74, 6) is 0.740. The maximum absolute atomic E-state index is 8.36. The van der Waals surface area contributed by atoms with Crippen molar-refractivity contribution >= 4 is 12.6 Å². The second kappa shape index (κ2) is 1.41. The zero-order chi connectivity index (χ0) is 5.33. The molecule has 1 rings (SSSR count). The van der Waals surface area contributed by atoms with Crippen molar-refractivity contribution in [1.82, 2.24) is 0 Å². The molecule has 0 aromatic rings. The molecule has 38 valence electrons. The highest BCUT2D eigenvalue weighted by Crippen LogP contribution is 2.45. The molecular formula is C5H7NS. The van der Waals surface area contributed by atoms with E-state index in [1.807, 2.05) is 0 Å². The van der Waals surface area contributed by atoms with E-state index >= 15 is 0 Å². The molecule has 1 aliphatic carbocycles. The average molecular weight is 113 g/mol. The standard InChI is InChI=1S/C5H7NS/c6-3-5(4-7)1-2-5/h7H,1-2,4H2. The molecule has 7 heavy (non-hydrogen) atoms. The van der Waals surface area contributed by atoms with Crippen molar-refractivity contribution in [2.45, 2.75) is 12.8 Å². The lowest BCUT2D eigenvalue weighted by atomic mass is 10.2. The Kier molecular flexibility index (Phi) is 1.01. The Balaban J connectivity index is 2.47. The van der Waals surface area contributed by atoms with Crippen molar-refractivity contribution in [3.05, 3.63) is 0 Å². The Morgan fingerprint density at radius 1 is 1.71 bits per heavy atom. The molecule has 0 atom stereocenters. The van der Waals surface area contributed by atoms with Crippen LogP contribution in [0.5, 0.6) is 0 Å². The molecular weight excluding hydrogens is 106 g/mol. The molecule has 0 N–H and O–H groups in total. The van der Waals surface area contributed by atoms with Gasteiger partial charge in [-0.3, -0.25) is 0 Å². The zero-order valence-corrected chi connectivity index (χ0v) is 4.91. The molecule has 1 fully saturated rings. The van der Waals surface area contributed by atoms with E-state index in [-0.39, 0.29) is 5.41 Å². The lowest BCUT2D eigenvalue weighted by molar-refractivity contribution is 0.785. The van der Waals surface area contributed by atoms with E-state index in [0.29, 0.717) is 0 Å². The van der Waals surface area contributed by atoms with Crippen molar-refractivity contribution in [2.75, 3.05) is 5.75 Å². The second-order valence-electron chi connectivity index (χ2n) is 2.05. The lowest BCUT2D eigenvalue weighted by Crippen LogP contribution is -1.95. The second-order valence-corrected chi connectivity index (χ2v) is 2.37. The van der Waals surface area contributed by atoms with Gasteiger partial charge in [0, 0.05) is 5.75 Å². The number of hydrogen-bond acceptors (Lipinski definition) is 2. The van der Waals surface area contributed by atoms with E-state index in [0.717, 1.165) is 18.6 Å². The van der Waals surface area contributed by atoms with Gasteiger partial charge in [0.15, 0.2) is 0 Å². The Hall–Kier alpha value is -0.160. The van der Waals surface area contributed by atoms with Gasteiger partial charge >= 0.3 is 0 Å². The highest BCUT2D eigenvalue weighted by molar-refractivity contribution is 7.80. The molecule has 0 saturated heterocycles. The molecule has 1 saturated carbocycles. The van der Waals surface area contributed by atoms with E-state index in [2.05, 4.69) is 18.7 Å². The van der Waals surface area contributed by atoms with Crippen LogP contribution in [0.15, 0.2) is 0 Å². The van der Waals surface area contributed by atoms with Crippen LogP contribution in [0.2, 0.25) is 0 Å². The molecule has 0 spiro atoms. The predicted octanol–water partition coefficient (Wildman–Crippen LogP) is 1.22. The quantitative estimate of drug-likeness (QED) is 0.508. The van der Waals surface area contributed by atoms with Gasteiger partial charge in [0.2, 0.25) is 0 Å². The third kappa shape index (κ3) is 0.733. The minimum Gasteiger partial charge on any atom is -0.198 e. The van der Waals surface area contributed by atoms with Crippen LogP contribution in [-0.2, 0) is 0 Å². The lowest BCUT2D eigenvalue weighted by Gasteiger charge is -1.92. The first-order valence-corrected chi connectivity index (χ1v) is 2.98. The normalized spacial score (nSPS) is 23.4. The first kappa shape index (κ1) is 4.99. The number of nitriles is 1. The third-order valence-electron chi connectivity index (χ3n) is 1.39. The zero-order valence-electron chi connectivity index (χ0n) is 4.02. The summed E-state index contributed by atoms with van der Waals surface area (Å²) in [6.45, 7) is 0.